The lowest BCUT2D eigenvalue weighted by atomic mass is 10.4. The summed E-state index contributed by atoms with van der Waals surface area (Å²) in [7, 11) is 3.20. The van der Waals surface area contributed by atoms with E-state index >= 15 is 0 Å². The third-order valence-corrected chi connectivity index (χ3v) is 1.44. The second-order valence-electron chi connectivity index (χ2n) is 2.33. The molecule has 0 spiro atoms. The molecule has 0 atom stereocenters. The lowest BCUT2D eigenvalue weighted by Crippen LogP contribution is -2.20. The molecule has 0 N–H and O–H groups in total. The maximum absolute atomic E-state index is 5.28. The summed E-state index contributed by atoms with van der Waals surface area (Å²) in [6.07, 6.45) is 4.77. The Morgan fingerprint density at radius 2 is 1.92 bits per heavy atom. The van der Waals surface area contributed by atoms with Crippen LogP contribution in [0.15, 0.2) is 12.2 Å². The van der Waals surface area contributed by atoms with Gasteiger partial charge in [0.05, 0.1) is 13.2 Å². The zero-order valence-electron chi connectivity index (χ0n) is 8.08. The van der Waals surface area contributed by atoms with Crippen LogP contribution in [0, 0.1) is 0 Å². The Hall–Kier alpha value is -0.380. The molecule has 0 fully saturated rings. The highest BCUT2D eigenvalue weighted by Crippen LogP contribution is 1.93. The van der Waals surface area contributed by atoms with Gasteiger partial charge in [-0.15, -0.1) is 0 Å². The lowest BCUT2D eigenvalue weighted by Gasteiger charge is -2.12. The maximum Gasteiger partial charge on any atom is 0.180 e. The molecule has 0 aliphatic heterocycles. The largest absolute Gasteiger partial charge is 0.376 e. The first kappa shape index (κ1) is 11.6. The molecule has 0 aliphatic carbocycles. The van der Waals surface area contributed by atoms with E-state index < -0.39 is 0 Å². The Morgan fingerprint density at radius 1 is 1.25 bits per heavy atom. The minimum Gasteiger partial charge on any atom is -0.376 e. The summed E-state index contributed by atoms with van der Waals surface area (Å²) in [4.78, 5) is 0. The molecule has 0 radical (unpaired) electrons. The van der Waals surface area contributed by atoms with E-state index in [1.807, 2.05) is 13.0 Å². The van der Waals surface area contributed by atoms with Gasteiger partial charge < -0.3 is 14.2 Å². The monoisotopic (exact) mass is 174 g/mol. The summed E-state index contributed by atoms with van der Waals surface area (Å²) in [5.41, 5.74) is 0. The predicted octanol–water partition coefficient (Wildman–Crippen LogP) is 1.59. The number of hydrogen-bond acceptors (Lipinski definition) is 3. The molecule has 0 unspecified atom stereocenters. The van der Waals surface area contributed by atoms with Gasteiger partial charge in [0.1, 0.15) is 0 Å². The highest BCUT2D eigenvalue weighted by molar-refractivity contribution is 4.75. The van der Waals surface area contributed by atoms with Crippen molar-refractivity contribution in [2.24, 2.45) is 0 Å². The smallest absolute Gasteiger partial charge is 0.180 e. The van der Waals surface area contributed by atoms with Crippen LogP contribution < -0.4 is 0 Å². The van der Waals surface area contributed by atoms with Crippen LogP contribution in [-0.2, 0) is 14.2 Å². The first-order valence-corrected chi connectivity index (χ1v) is 4.09. The molecule has 0 saturated heterocycles. The second-order valence-corrected chi connectivity index (χ2v) is 2.33. The molecule has 0 rings (SSSR count). The van der Waals surface area contributed by atoms with Crippen molar-refractivity contribution < 1.29 is 14.2 Å². The molecule has 72 valence electrons. The van der Waals surface area contributed by atoms with Crippen molar-refractivity contribution in [1.82, 2.24) is 0 Å². The van der Waals surface area contributed by atoms with Gasteiger partial charge in [0, 0.05) is 14.2 Å². The van der Waals surface area contributed by atoms with Crippen molar-refractivity contribution in [3.05, 3.63) is 12.2 Å². The minimum absolute atomic E-state index is 0.240. The van der Waals surface area contributed by atoms with E-state index in [0.717, 1.165) is 6.42 Å². The fourth-order valence-corrected chi connectivity index (χ4v) is 0.730. The molecular weight excluding hydrogens is 156 g/mol. The van der Waals surface area contributed by atoms with Crippen molar-refractivity contribution in [2.45, 2.75) is 19.6 Å². The number of rotatable bonds is 7. The third kappa shape index (κ3) is 6.34. The Kier molecular flexibility index (Phi) is 8.44. The van der Waals surface area contributed by atoms with Gasteiger partial charge in [-0.2, -0.15) is 0 Å². The molecule has 0 aromatic carbocycles. The van der Waals surface area contributed by atoms with Crippen LogP contribution >= 0.6 is 0 Å². The van der Waals surface area contributed by atoms with Crippen LogP contribution in [0.2, 0.25) is 0 Å². The van der Waals surface area contributed by atoms with Gasteiger partial charge in [-0.3, -0.25) is 0 Å². The lowest BCUT2D eigenvalue weighted by molar-refractivity contribution is -0.139. The normalized spacial score (nSPS) is 11.7. The molecule has 0 bridgehead atoms. The first-order chi connectivity index (χ1) is 5.85. The zero-order chi connectivity index (χ0) is 9.23. The average molecular weight is 174 g/mol. The zero-order valence-corrected chi connectivity index (χ0v) is 8.08. The molecule has 0 amide bonds. The average Bonchev–Trinajstić information content (AvgIpc) is 2.11. The molecular formula is C9H18O3. The van der Waals surface area contributed by atoms with E-state index in [1.54, 1.807) is 14.2 Å². The third-order valence-electron chi connectivity index (χ3n) is 1.44. The van der Waals surface area contributed by atoms with Crippen LogP contribution in [0.4, 0.5) is 0 Å². The van der Waals surface area contributed by atoms with E-state index in [2.05, 4.69) is 6.08 Å². The highest BCUT2D eigenvalue weighted by Gasteiger charge is 2.02. The maximum atomic E-state index is 5.28. The van der Waals surface area contributed by atoms with Gasteiger partial charge >= 0.3 is 0 Å². The van der Waals surface area contributed by atoms with Crippen molar-refractivity contribution >= 4 is 0 Å². The molecule has 0 aromatic heterocycles. The van der Waals surface area contributed by atoms with Gasteiger partial charge in [-0.05, 0) is 13.3 Å². The summed E-state index contributed by atoms with van der Waals surface area (Å²) in [6.45, 7) is 3.20. The summed E-state index contributed by atoms with van der Waals surface area (Å²) >= 11 is 0. The van der Waals surface area contributed by atoms with Crippen LogP contribution in [0.25, 0.3) is 0 Å². The Bertz CT molecular complexity index is 108. The number of ether oxygens (including phenoxy) is 3. The van der Waals surface area contributed by atoms with Gasteiger partial charge in [-0.1, -0.05) is 12.2 Å². The molecule has 0 heterocycles. The predicted molar refractivity (Wildman–Crippen MR) is 48.1 cm³/mol. The summed E-state index contributed by atoms with van der Waals surface area (Å²) in [6, 6.07) is 0. The van der Waals surface area contributed by atoms with Crippen molar-refractivity contribution in [1.29, 1.82) is 0 Å². The van der Waals surface area contributed by atoms with Gasteiger partial charge in [0.25, 0.3) is 0 Å². The van der Waals surface area contributed by atoms with Gasteiger partial charge in [-0.25, -0.2) is 0 Å². The molecule has 12 heavy (non-hydrogen) atoms. The Labute approximate surface area is 74.3 Å². The molecule has 3 nitrogen and oxygen atoms in total. The highest BCUT2D eigenvalue weighted by atomic mass is 16.7. The van der Waals surface area contributed by atoms with E-state index in [-0.39, 0.29) is 6.29 Å². The van der Waals surface area contributed by atoms with Gasteiger partial charge in [0.15, 0.2) is 6.29 Å². The summed E-state index contributed by atoms with van der Waals surface area (Å²) in [5.74, 6) is 0. The fraction of sp³-hybridized carbons (Fsp3) is 0.778. The molecule has 0 aliphatic rings. The van der Waals surface area contributed by atoms with Crippen LogP contribution in [0.1, 0.15) is 13.3 Å². The van der Waals surface area contributed by atoms with E-state index in [4.69, 9.17) is 14.2 Å². The van der Waals surface area contributed by atoms with Crippen LogP contribution in [-0.4, -0.2) is 33.7 Å². The standard InChI is InChI=1S/C9H18O3/c1-4-5-6-7-12-8-9(10-2)11-3/h4-5,9H,6-8H2,1-3H3/b5-4+. The minimum atomic E-state index is -0.240. The van der Waals surface area contributed by atoms with E-state index in [1.165, 1.54) is 0 Å². The number of allylic oxidation sites excluding steroid dienone is 1. The number of hydrogen-bond donors (Lipinski definition) is 0. The number of methoxy groups -OCH3 is 2. The quantitative estimate of drug-likeness (QED) is 0.333. The molecule has 0 aromatic rings. The second kappa shape index (κ2) is 8.71. The van der Waals surface area contributed by atoms with Crippen LogP contribution in [0.5, 0.6) is 0 Å². The Morgan fingerprint density at radius 3 is 2.42 bits per heavy atom. The first-order valence-electron chi connectivity index (χ1n) is 4.09. The van der Waals surface area contributed by atoms with Crippen molar-refractivity contribution in [3.63, 3.8) is 0 Å². The van der Waals surface area contributed by atoms with Crippen molar-refractivity contribution in [2.75, 3.05) is 27.4 Å². The SMILES string of the molecule is C/C=C/CCOCC(OC)OC. The van der Waals surface area contributed by atoms with Crippen LogP contribution in [0.3, 0.4) is 0 Å². The summed E-state index contributed by atoms with van der Waals surface area (Å²) < 4.78 is 15.2. The Balaban J connectivity index is 3.17. The van der Waals surface area contributed by atoms with E-state index in [9.17, 15) is 0 Å². The molecule has 3 heteroatoms. The van der Waals surface area contributed by atoms with Gasteiger partial charge in [0.2, 0.25) is 0 Å². The summed E-state index contributed by atoms with van der Waals surface area (Å²) in [5, 5.41) is 0. The fourth-order valence-electron chi connectivity index (χ4n) is 0.730. The van der Waals surface area contributed by atoms with E-state index in [0.29, 0.717) is 13.2 Å². The van der Waals surface area contributed by atoms with Crippen molar-refractivity contribution in [3.8, 4) is 0 Å². The molecule has 0 saturated carbocycles. The topological polar surface area (TPSA) is 27.7 Å².